The lowest BCUT2D eigenvalue weighted by Crippen LogP contribution is -2.16. The summed E-state index contributed by atoms with van der Waals surface area (Å²) in [7, 11) is 0. The molecule has 0 saturated heterocycles. The Kier molecular flexibility index (Phi) is 8.02. The molecule has 5 aromatic carbocycles. The monoisotopic (exact) mass is 605 g/mol. The maximum atomic E-state index is 8.04. The van der Waals surface area contributed by atoms with Crippen LogP contribution < -0.4 is 5.73 Å². The molecule has 0 bridgehead atoms. The lowest BCUT2D eigenvalue weighted by atomic mass is 9.86. The largest absolute Gasteiger partial charge is 0.399 e. The van der Waals surface area contributed by atoms with Gasteiger partial charge in [0.15, 0.2) is 0 Å². The highest BCUT2D eigenvalue weighted by Gasteiger charge is 2.20. The molecule has 47 heavy (non-hydrogen) atoms. The minimum atomic E-state index is 0.175. The van der Waals surface area contributed by atoms with E-state index in [4.69, 9.17) is 16.6 Å². The van der Waals surface area contributed by atoms with Crippen molar-refractivity contribution in [2.24, 2.45) is 0 Å². The first-order valence-corrected chi connectivity index (χ1v) is 15.4. The van der Waals surface area contributed by atoms with E-state index in [2.05, 4.69) is 101 Å². The van der Waals surface area contributed by atoms with Gasteiger partial charge >= 0.3 is 0 Å². The fourth-order valence-electron chi connectivity index (χ4n) is 6.10. The third-order valence-corrected chi connectivity index (χ3v) is 8.21. The summed E-state index contributed by atoms with van der Waals surface area (Å²) < 4.78 is 0. The number of aromatic nitrogens is 2. The average molecular weight is 606 g/mol. The van der Waals surface area contributed by atoms with E-state index in [1.54, 1.807) is 18.5 Å². The summed E-state index contributed by atoms with van der Waals surface area (Å²) in [5, 5.41) is 21.0. The van der Waals surface area contributed by atoms with Gasteiger partial charge in [-0.3, -0.25) is 20.8 Å². The van der Waals surface area contributed by atoms with Gasteiger partial charge in [-0.1, -0.05) is 103 Å². The summed E-state index contributed by atoms with van der Waals surface area (Å²) in [5.74, 6) is 0. The van der Waals surface area contributed by atoms with Crippen LogP contribution >= 0.6 is 0 Å². The second-order valence-corrected chi connectivity index (χ2v) is 11.2. The standard InChI is InChI=1S/C26H19N.C16H12N4/c27-20-12-8-11-19(17-20)26-23-15-6-4-13-21(23)25(18-9-2-1-3-10-18)22-14-5-7-16-24(22)26;17-13-10-11(14-5-1-3-7-19-14)9-12(16(13)18)15-6-2-4-8-20-15/h1-17H,27H2;1-10,17-18H. The van der Waals surface area contributed by atoms with Gasteiger partial charge in [0.25, 0.3) is 0 Å². The molecule has 7 aromatic rings. The molecule has 4 N–H and O–H groups in total. The SMILES string of the molecule is N=C1C=C(c2ccccn2)C=C(c2ccccn2)C1=N.Nc1cccc(-c2c3ccccc3c(-c3ccccc3)c3ccccc23)c1. The molecule has 5 nitrogen and oxygen atoms in total. The second-order valence-electron chi connectivity index (χ2n) is 11.2. The number of hydrogen-bond acceptors (Lipinski definition) is 5. The van der Waals surface area contributed by atoms with E-state index in [9.17, 15) is 0 Å². The van der Waals surface area contributed by atoms with Crippen LogP contribution in [0.15, 0.2) is 164 Å². The number of nitrogens with zero attached hydrogens (tertiary/aromatic N) is 2. The van der Waals surface area contributed by atoms with Crippen LogP contribution in [0.25, 0.3) is 54.9 Å². The number of nitrogens with one attached hydrogen (secondary N) is 2. The van der Waals surface area contributed by atoms with Crippen LogP contribution in [0.5, 0.6) is 0 Å². The van der Waals surface area contributed by atoms with Gasteiger partial charge in [-0.2, -0.15) is 0 Å². The predicted molar refractivity (Wildman–Crippen MR) is 197 cm³/mol. The molecule has 2 heterocycles. The quantitative estimate of drug-likeness (QED) is 0.106. The van der Waals surface area contributed by atoms with Crippen LogP contribution in [0.4, 0.5) is 5.69 Å². The zero-order valence-electron chi connectivity index (χ0n) is 25.6. The highest BCUT2D eigenvalue weighted by atomic mass is 14.7. The Balaban J connectivity index is 0.000000157. The number of hydrogen-bond donors (Lipinski definition) is 3. The molecule has 0 amide bonds. The Labute approximate surface area is 273 Å². The topological polar surface area (TPSA) is 99.5 Å². The van der Waals surface area contributed by atoms with Crippen molar-refractivity contribution < 1.29 is 0 Å². The number of fused-ring (bicyclic) bond motifs is 2. The Morgan fingerprint density at radius 3 is 1.53 bits per heavy atom. The normalized spacial score (nSPS) is 12.7. The van der Waals surface area contributed by atoms with E-state index in [1.165, 1.54) is 38.2 Å². The Morgan fingerprint density at radius 2 is 0.979 bits per heavy atom. The van der Waals surface area contributed by atoms with Crippen LogP contribution in [0, 0.1) is 10.8 Å². The third-order valence-electron chi connectivity index (χ3n) is 8.21. The molecule has 0 unspecified atom stereocenters. The molecule has 5 heteroatoms. The van der Waals surface area contributed by atoms with Crippen molar-refractivity contribution in [2.75, 3.05) is 5.73 Å². The zero-order chi connectivity index (χ0) is 32.2. The van der Waals surface area contributed by atoms with Crippen LogP contribution in [0.1, 0.15) is 11.4 Å². The lowest BCUT2D eigenvalue weighted by Gasteiger charge is -2.17. The summed E-state index contributed by atoms with van der Waals surface area (Å²) in [5.41, 5.74) is 15.1. The van der Waals surface area contributed by atoms with Crippen molar-refractivity contribution in [1.29, 1.82) is 10.8 Å². The van der Waals surface area contributed by atoms with Gasteiger partial charge in [0, 0.05) is 29.2 Å². The average Bonchev–Trinajstić information content (AvgIpc) is 3.13. The molecule has 224 valence electrons. The van der Waals surface area contributed by atoms with Gasteiger partial charge in [0.05, 0.1) is 22.8 Å². The molecule has 2 aromatic heterocycles. The second kappa shape index (κ2) is 12.9. The molecule has 0 atom stereocenters. The van der Waals surface area contributed by atoms with Crippen molar-refractivity contribution in [3.05, 3.63) is 175 Å². The minimum absolute atomic E-state index is 0.175. The van der Waals surface area contributed by atoms with E-state index >= 15 is 0 Å². The molecular formula is C42H31N5. The number of benzene rings is 5. The predicted octanol–water partition coefficient (Wildman–Crippen LogP) is 9.91. The summed E-state index contributed by atoms with van der Waals surface area (Å²) in [6.45, 7) is 0. The van der Waals surface area contributed by atoms with Crippen LogP contribution in [0.2, 0.25) is 0 Å². The first-order valence-electron chi connectivity index (χ1n) is 15.4. The first kappa shape index (κ1) is 29.3. The maximum absolute atomic E-state index is 8.04. The first-order chi connectivity index (χ1) is 23.1. The number of rotatable bonds is 4. The highest BCUT2D eigenvalue weighted by Crippen LogP contribution is 2.43. The molecule has 1 aliphatic carbocycles. The van der Waals surface area contributed by atoms with Gasteiger partial charge in [0.2, 0.25) is 0 Å². The highest BCUT2D eigenvalue weighted by molar-refractivity contribution is 6.61. The number of nitrogen functional groups attached to an aromatic ring is 1. The molecule has 0 radical (unpaired) electrons. The van der Waals surface area contributed by atoms with Crippen molar-refractivity contribution in [2.45, 2.75) is 0 Å². The number of nitrogens with two attached hydrogens (primary N) is 1. The zero-order valence-corrected chi connectivity index (χ0v) is 25.6. The van der Waals surface area contributed by atoms with Gasteiger partial charge in [-0.05, 0) is 92.3 Å². The summed E-state index contributed by atoms with van der Waals surface area (Å²) >= 11 is 0. The van der Waals surface area contributed by atoms with Crippen LogP contribution in [-0.4, -0.2) is 21.4 Å². The van der Waals surface area contributed by atoms with Crippen molar-refractivity contribution in [3.8, 4) is 22.3 Å². The van der Waals surface area contributed by atoms with Crippen molar-refractivity contribution in [1.82, 2.24) is 9.97 Å². The van der Waals surface area contributed by atoms with E-state index in [1.807, 2.05) is 54.6 Å². The molecule has 0 spiro atoms. The lowest BCUT2D eigenvalue weighted by molar-refractivity contribution is 1.27. The number of pyridine rings is 2. The maximum Gasteiger partial charge on any atom is 0.0883 e. The Hall–Kier alpha value is -6.46. The fourth-order valence-corrected chi connectivity index (χ4v) is 6.10. The van der Waals surface area contributed by atoms with Gasteiger partial charge < -0.3 is 5.73 Å². The summed E-state index contributed by atoms with van der Waals surface area (Å²) in [6.07, 6.45) is 6.93. The van der Waals surface area contributed by atoms with Crippen molar-refractivity contribution >= 4 is 49.8 Å². The molecule has 8 rings (SSSR count). The number of allylic oxidation sites excluding steroid dienone is 4. The fraction of sp³-hybridized carbons (Fsp3) is 0. The van der Waals surface area contributed by atoms with Crippen LogP contribution in [0.3, 0.4) is 0 Å². The van der Waals surface area contributed by atoms with E-state index in [0.29, 0.717) is 11.3 Å². The van der Waals surface area contributed by atoms with Gasteiger partial charge in [-0.25, -0.2) is 0 Å². The molecule has 0 fully saturated rings. The van der Waals surface area contributed by atoms with E-state index < -0.39 is 0 Å². The molecular weight excluding hydrogens is 574 g/mol. The van der Waals surface area contributed by atoms with Gasteiger partial charge in [0.1, 0.15) is 0 Å². The van der Waals surface area contributed by atoms with E-state index in [0.717, 1.165) is 22.5 Å². The van der Waals surface area contributed by atoms with Crippen molar-refractivity contribution in [3.63, 3.8) is 0 Å². The summed E-state index contributed by atoms with van der Waals surface area (Å²) in [4.78, 5) is 8.55. The van der Waals surface area contributed by atoms with E-state index in [-0.39, 0.29) is 11.4 Å². The third kappa shape index (κ3) is 5.86. The molecule has 1 aliphatic rings. The minimum Gasteiger partial charge on any atom is -0.399 e. The summed E-state index contributed by atoms with van der Waals surface area (Å²) in [6, 6.07) is 47.3. The molecule has 0 aliphatic heterocycles. The smallest absolute Gasteiger partial charge is 0.0883 e. The number of anilines is 1. The van der Waals surface area contributed by atoms with Gasteiger partial charge in [-0.15, -0.1) is 0 Å². The Morgan fingerprint density at radius 1 is 0.468 bits per heavy atom. The van der Waals surface area contributed by atoms with Crippen LogP contribution in [-0.2, 0) is 0 Å². The molecule has 0 saturated carbocycles. The Bertz CT molecular complexity index is 2270.